The fourth-order valence-electron chi connectivity index (χ4n) is 6.25. The van der Waals surface area contributed by atoms with Crippen molar-refractivity contribution in [3.05, 3.63) is 88.7 Å². The maximum absolute atomic E-state index is 12.3. The van der Waals surface area contributed by atoms with Crippen molar-refractivity contribution in [1.29, 1.82) is 0 Å². The minimum absolute atomic E-state index is 0.183. The second kappa shape index (κ2) is 12.6. The van der Waals surface area contributed by atoms with Crippen molar-refractivity contribution in [2.45, 2.75) is 83.7 Å². The van der Waals surface area contributed by atoms with Gasteiger partial charge in [-0.3, -0.25) is 9.37 Å². The monoisotopic (exact) mass is 513 g/mol. The average Bonchev–Trinajstić information content (AvgIpc) is 3.12. The first kappa shape index (κ1) is 26.5. The summed E-state index contributed by atoms with van der Waals surface area (Å²) in [4.78, 5) is 4.49. The molecule has 1 saturated carbocycles. The molecular weight excluding hydrogens is 473 g/mol. The molecule has 0 radical (unpaired) electrons. The van der Waals surface area contributed by atoms with Crippen LogP contribution in [0.4, 0.5) is 4.39 Å². The van der Waals surface area contributed by atoms with Crippen LogP contribution in [0.15, 0.2) is 60.9 Å². The number of allylic oxidation sites excluding steroid dienone is 1. The molecule has 2 aliphatic rings. The van der Waals surface area contributed by atoms with Gasteiger partial charge in [0.15, 0.2) is 0 Å². The number of aromatic hydroxyl groups is 1. The van der Waals surface area contributed by atoms with Crippen molar-refractivity contribution in [2.75, 3.05) is 6.67 Å². The smallest absolute Gasteiger partial charge is 0.119 e. The van der Waals surface area contributed by atoms with Crippen LogP contribution in [0.25, 0.3) is 11.1 Å². The van der Waals surface area contributed by atoms with Crippen LogP contribution in [0.3, 0.4) is 0 Å². The Hall–Kier alpha value is -3.14. The number of aromatic nitrogens is 1. The molecule has 38 heavy (non-hydrogen) atoms. The Labute approximate surface area is 226 Å². The molecular formula is C34H40FNO2. The van der Waals surface area contributed by atoms with E-state index in [4.69, 9.17) is 4.74 Å². The number of fused-ring (bicyclic) bond motifs is 1. The zero-order valence-corrected chi connectivity index (χ0v) is 22.6. The molecule has 2 aliphatic carbocycles. The van der Waals surface area contributed by atoms with Gasteiger partial charge in [-0.05, 0) is 134 Å². The lowest BCUT2D eigenvalue weighted by atomic mass is 9.84. The van der Waals surface area contributed by atoms with E-state index in [1.807, 2.05) is 18.5 Å². The van der Waals surface area contributed by atoms with Crippen LogP contribution >= 0.6 is 0 Å². The maximum atomic E-state index is 12.3. The molecule has 3 aromatic rings. The van der Waals surface area contributed by atoms with E-state index in [-0.39, 0.29) is 12.8 Å². The van der Waals surface area contributed by atoms with Crippen LogP contribution < -0.4 is 4.74 Å². The summed E-state index contributed by atoms with van der Waals surface area (Å²) in [5, 5.41) is 10.2. The average molecular weight is 514 g/mol. The van der Waals surface area contributed by atoms with E-state index in [1.54, 1.807) is 6.07 Å². The SMILES string of the molecule is Cc1cncc(C2=C(c3ccc(OC4CCC(CCCCCF)CC4)cc3)c3ccc(O)cc3CCC2)c1. The van der Waals surface area contributed by atoms with E-state index in [9.17, 15) is 9.50 Å². The summed E-state index contributed by atoms with van der Waals surface area (Å²) in [6, 6.07) is 16.6. The number of phenolic OH excluding ortho intramolecular Hbond substituents is 1. The fraction of sp³-hybridized carbons (Fsp3) is 0.441. The summed E-state index contributed by atoms with van der Waals surface area (Å²) in [6.07, 6.45) is 15.8. The van der Waals surface area contributed by atoms with Gasteiger partial charge in [0, 0.05) is 12.4 Å². The standard InChI is InChI=1S/C34H40FNO2/c1-24-20-28(23-36-22-24)32-8-5-7-27-21-29(37)13-18-33(27)34(32)26-11-16-31(17-12-26)38-30-14-9-25(10-15-30)6-3-2-4-19-35/h11-13,16-18,20-23,25,30,37H,2-10,14-15,19H2,1H3. The Morgan fingerprint density at radius 1 is 0.895 bits per heavy atom. The van der Waals surface area contributed by atoms with Crippen molar-refractivity contribution >= 4 is 11.1 Å². The molecule has 3 nitrogen and oxygen atoms in total. The summed E-state index contributed by atoms with van der Waals surface area (Å²) in [5.74, 6) is 2.02. The van der Waals surface area contributed by atoms with Gasteiger partial charge in [0.2, 0.25) is 0 Å². The van der Waals surface area contributed by atoms with Crippen molar-refractivity contribution in [1.82, 2.24) is 4.98 Å². The molecule has 0 aliphatic heterocycles. The summed E-state index contributed by atoms with van der Waals surface area (Å²) in [7, 11) is 0. The third kappa shape index (κ3) is 6.46. The molecule has 0 unspecified atom stereocenters. The van der Waals surface area contributed by atoms with E-state index in [0.717, 1.165) is 62.2 Å². The highest BCUT2D eigenvalue weighted by Gasteiger charge is 2.23. The second-order valence-corrected chi connectivity index (χ2v) is 11.1. The number of aryl methyl sites for hydroxylation is 2. The van der Waals surface area contributed by atoms with Crippen LogP contribution in [0.1, 0.15) is 92.0 Å². The molecule has 0 saturated heterocycles. The molecule has 1 aromatic heterocycles. The lowest BCUT2D eigenvalue weighted by Gasteiger charge is -2.29. The molecule has 1 N–H and O–H groups in total. The number of halogens is 1. The number of nitrogens with zero attached hydrogens (tertiary/aromatic N) is 1. The summed E-state index contributed by atoms with van der Waals surface area (Å²) in [6.45, 7) is 1.91. The van der Waals surface area contributed by atoms with E-state index in [2.05, 4.69) is 48.3 Å². The van der Waals surface area contributed by atoms with E-state index in [0.29, 0.717) is 12.2 Å². The normalized spacial score (nSPS) is 19.6. The highest BCUT2D eigenvalue weighted by Crippen LogP contribution is 2.41. The van der Waals surface area contributed by atoms with Gasteiger partial charge in [0.05, 0.1) is 12.8 Å². The lowest BCUT2D eigenvalue weighted by molar-refractivity contribution is 0.127. The van der Waals surface area contributed by atoms with Crippen LogP contribution in [0, 0.1) is 12.8 Å². The van der Waals surface area contributed by atoms with E-state index < -0.39 is 0 Å². The predicted octanol–water partition coefficient (Wildman–Crippen LogP) is 8.86. The molecule has 5 rings (SSSR count). The second-order valence-electron chi connectivity index (χ2n) is 11.1. The number of benzene rings is 2. The minimum Gasteiger partial charge on any atom is -0.508 e. The number of pyridine rings is 1. The molecule has 200 valence electrons. The molecule has 1 heterocycles. The van der Waals surface area contributed by atoms with Gasteiger partial charge >= 0.3 is 0 Å². The minimum atomic E-state index is -0.183. The lowest BCUT2D eigenvalue weighted by Crippen LogP contribution is -2.24. The van der Waals surface area contributed by atoms with Crippen LogP contribution in [0.2, 0.25) is 0 Å². The van der Waals surface area contributed by atoms with Gasteiger partial charge in [0.25, 0.3) is 0 Å². The molecule has 4 heteroatoms. The van der Waals surface area contributed by atoms with Crippen molar-refractivity contribution < 1.29 is 14.2 Å². The Morgan fingerprint density at radius 2 is 1.71 bits per heavy atom. The Kier molecular flexibility index (Phi) is 8.78. The molecule has 1 fully saturated rings. The van der Waals surface area contributed by atoms with Crippen LogP contribution in [0.5, 0.6) is 11.5 Å². The van der Waals surface area contributed by atoms with Gasteiger partial charge in [-0.25, -0.2) is 0 Å². The number of unbranched alkanes of at least 4 members (excludes halogenated alkanes) is 2. The molecule has 0 atom stereocenters. The number of phenols is 1. The molecule has 0 amide bonds. The number of hydrogen-bond acceptors (Lipinski definition) is 3. The van der Waals surface area contributed by atoms with Gasteiger partial charge in [-0.2, -0.15) is 0 Å². The molecule has 0 bridgehead atoms. The van der Waals surface area contributed by atoms with Crippen molar-refractivity contribution in [3.8, 4) is 11.5 Å². The van der Waals surface area contributed by atoms with Gasteiger partial charge in [0.1, 0.15) is 11.5 Å². The first-order valence-electron chi connectivity index (χ1n) is 14.4. The van der Waals surface area contributed by atoms with Crippen molar-refractivity contribution in [2.24, 2.45) is 5.92 Å². The highest BCUT2D eigenvalue weighted by atomic mass is 19.1. The third-order valence-corrected chi connectivity index (χ3v) is 8.24. The van der Waals surface area contributed by atoms with Gasteiger partial charge in [-0.1, -0.05) is 37.5 Å². The zero-order valence-electron chi connectivity index (χ0n) is 22.6. The zero-order chi connectivity index (χ0) is 26.3. The quantitative estimate of drug-likeness (QED) is 0.291. The van der Waals surface area contributed by atoms with Gasteiger partial charge in [-0.15, -0.1) is 0 Å². The van der Waals surface area contributed by atoms with Crippen LogP contribution in [-0.4, -0.2) is 22.9 Å². The molecule has 2 aromatic carbocycles. The number of hydrogen-bond donors (Lipinski definition) is 1. The highest BCUT2D eigenvalue weighted by molar-refractivity contribution is 6.00. The first-order valence-corrected chi connectivity index (χ1v) is 14.4. The largest absolute Gasteiger partial charge is 0.508 e. The summed E-state index contributed by atoms with van der Waals surface area (Å²) in [5.41, 5.74) is 8.41. The summed E-state index contributed by atoms with van der Waals surface area (Å²) >= 11 is 0. The molecule has 0 spiro atoms. The van der Waals surface area contributed by atoms with Crippen molar-refractivity contribution in [3.63, 3.8) is 0 Å². The van der Waals surface area contributed by atoms with E-state index >= 15 is 0 Å². The Morgan fingerprint density at radius 3 is 2.47 bits per heavy atom. The third-order valence-electron chi connectivity index (χ3n) is 8.24. The Bertz CT molecular complexity index is 1240. The van der Waals surface area contributed by atoms with Gasteiger partial charge < -0.3 is 9.84 Å². The predicted molar refractivity (Wildman–Crippen MR) is 153 cm³/mol. The number of alkyl halides is 1. The summed E-state index contributed by atoms with van der Waals surface area (Å²) < 4.78 is 18.7. The number of ether oxygens (including phenoxy) is 1. The maximum Gasteiger partial charge on any atom is 0.119 e. The van der Waals surface area contributed by atoms with Crippen LogP contribution in [-0.2, 0) is 6.42 Å². The Balaban J connectivity index is 1.35. The van der Waals surface area contributed by atoms with E-state index in [1.165, 1.54) is 52.7 Å². The fourth-order valence-corrected chi connectivity index (χ4v) is 6.25. The number of rotatable bonds is 9. The first-order chi connectivity index (χ1) is 18.6. The topological polar surface area (TPSA) is 42.4 Å².